The van der Waals surface area contributed by atoms with Gasteiger partial charge in [0.2, 0.25) is 0 Å². The van der Waals surface area contributed by atoms with Crippen LogP contribution in [0.1, 0.15) is 36.1 Å². The van der Waals surface area contributed by atoms with E-state index in [1.807, 2.05) is 13.8 Å². The van der Waals surface area contributed by atoms with Crippen molar-refractivity contribution in [2.24, 2.45) is 0 Å². The van der Waals surface area contributed by atoms with E-state index in [2.05, 4.69) is 20.8 Å². The Morgan fingerprint density at radius 2 is 1.74 bits per heavy atom. The molecule has 0 radical (unpaired) electrons. The number of tetrazole rings is 1. The summed E-state index contributed by atoms with van der Waals surface area (Å²) >= 11 is 0. The van der Waals surface area contributed by atoms with Crippen LogP contribution in [-0.4, -0.2) is 33.2 Å². The Balaban J connectivity index is 1.59. The molecule has 1 heterocycles. The maximum Gasteiger partial charge on any atom is 0.255 e. The second-order valence-electron chi connectivity index (χ2n) is 6.13. The SMILES string of the molecule is COc1ccc(NC(=O)c2ccc(OCc3nnnn3C(C)C)cc2)cc1. The van der Waals surface area contributed by atoms with Gasteiger partial charge in [-0.2, -0.15) is 0 Å². The molecule has 0 atom stereocenters. The third-order valence-electron chi connectivity index (χ3n) is 3.88. The van der Waals surface area contributed by atoms with E-state index >= 15 is 0 Å². The Bertz CT molecular complexity index is 888. The summed E-state index contributed by atoms with van der Waals surface area (Å²) in [6, 6.07) is 14.2. The van der Waals surface area contributed by atoms with Gasteiger partial charge in [0.15, 0.2) is 5.82 Å². The Kier molecular flexibility index (Phi) is 5.65. The van der Waals surface area contributed by atoms with Crippen LogP contribution >= 0.6 is 0 Å². The summed E-state index contributed by atoms with van der Waals surface area (Å²) in [4.78, 5) is 12.3. The number of benzene rings is 2. The van der Waals surface area contributed by atoms with Gasteiger partial charge in [-0.15, -0.1) is 5.10 Å². The maximum absolute atomic E-state index is 12.3. The van der Waals surface area contributed by atoms with Crippen molar-refractivity contribution in [3.05, 3.63) is 59.9 Å². The number of aromatic nitrogens is 4. The van der Waals surface area contributed by atoms with E-state index < -0.39 is 0 Å². The van der Waals surface area contributed by atoms with Crippen LogP contribution in [0.25, 0.3) is 0 Å². The summed E-state index contributed by atoms with van der Waals surface area (Å²) in [5, 5.41) is 14.4. The Morgan fingerprint density at radius 1 is 1.07 bits per heavy atom. The molecule has 0 spiro atoms. The van der Waals surface area contributed by atoms with Gasteiger partial charge in [-0.1, -0.05) is 0 Å². The minimum Gasteiger partial charge on any atom is -0.497 e. The summed E-state index contributed by atoms with van der Waals surface area (Å²) in [6.45, 7) is 4.24. The standard InChI is InChI=1S/C19H21N5O3/c1-13(2)24-18(21-22-23-24)12-27-17-8-4-14(5-9-17)19(25)20-15-6-10-16(26-3)11-7-15/h4-11,13H,12H2,1-3H3,(H,20,25). The van der Waals surface area contributed by atoms with Gasteiger partial charge in [-0.25, -0.2) is 4.68 Å². The van der Waals surface area contributed by atoms with Crippen LogP contribution in [0, 0.1) is 0 Å². The molecule has 8 nitrogen and oxygen atoms in total. The molecule has 1 aromatic heterocycles. The molecule has 27 heavy (non-hydrogen) atoms. The molecule has 0 saturated heterocycles. The number of carbonyl (C=O) groups is 1. The van der Waals surface area contributed by atoms with Crippen LogP contribution < -0.4 is 14.8 Å². The lowest BCUT2D eigenvalue weighted by molar-refractivity contribution is 0.102. The Labute approximate surface area is 157 Å². The van der Waals surface area contributed by atoms with E-state index in [0.717, 1.165) is 5.75 Å². The quantitative estimate of drug-likeness (QED) is 0.690. The van der Waals surface area contributed by atoms with Crippen molar-refractivity contribution in [1.29, 1.82) is 0 Å². The highest BCUT2D eigenvalue weighted by atomic mass is 16.5. The summed E-state index contributed by atoms with van der Waals surface area (Å²) in [5.41, 5.74) is 1.23. The van der Waals surface area contributed by atoms with Gasteiger partial charge < -0.3 is 14.8 Å². The predicted molar refractivity (Wildman–Crippen MR) is 99.9 cm³/mol. The average Bonchev–Trinajstić information content (AvgIpc) is 3.16. The van der Waals surface area contributed by atoms with Crippen LogP contribution in [0.4, 0.5) is 5.69 Å². The normalized spacial score (nSPS) is 10.7. The summed E-state index contributed by atoms with van der Waals surface area (Å²) in [5.74, 6) is 1.81. The molecular weight excluding hydrogens is 346 g/mol. The number of rotatable bonds is 7. The molecule has 8 heteroatoms. The molecule has 140 valence electrons. The van der Waals surface area contributed by atoms with Gasteiger partial charge in [0.05, 0.1) is 13.2 Å². The molecule has 0 fully saturated rings. The van der Waals surface area contributed by atoms with Crippen molar-refractivity contribution in [2.45, 2.75) is 26.5 Å². The molecule has 2 aromatic carbocycles. The largest absolute Gasteiger partial charge is 0.497 e. The number of methoxy groups -OCH3 is 1. The molecular formula is C19H21N5O3. The van der Waals surface area contributed by atoms with E-state index in [0.29, 0.717) is 22.8 Å². The zero-order valence-electron chi connectivity index (χ0n) is 15.4. The molecule has 1 amide bonds. The Morgan fingerprint density at radius 3 is 2.37 bits per heavy atom. The number of nitrogens with one attached hydrogen (secondary N) is 1. The third kappa shape index (κ3) is 4.60. The fourth-order valence-electron chi connectivity index (χ4n) is 2.44. The van der Waals surface area contributed by atoms with E-state index in [4.69, 9.17) is 9.47 Å². The van der Waals surface area contributed by atoms with Crippen molar-refractivity contribution < 1.29 is 14.3 Å². The van der Waals surface area contributed by atoms with Gasteiger partial charge in [-0.3, -0.25) is 4.79 Å². The van der Waals surface area contributed by atoms with Crippen LogP contribution in [0.5, 0.6) is 11.5 Å². The van der Waals surface area contributed by atoms with Gasteiger partial charge in [0.1, 0.15) is 18.1 Å². The zero-order chi connectivity index (χ0) is 19.2. The third-order valence-corrected chi connectivity index (χ3v) is 3.88. The number of anilines is 1. The number of ether oxygens (including phenoxy) is 2. The van der Waals surface area contributed by atoms with E-state index in [9.17, 15) is 4.79 Å². The van der Waals surface area contributed by atoms with E-state index in [1.165, 1.54) is 0 Å². The second kappa shape index (κ2) is 8.31. The smallest absolute Gasteiger partial charge is 0.255 e. The lowest BCUT2D eigenvalue weighted by atomic mass is 10.2. The molecule has 0 saturated carbocycles. The van der Waals surface area contributed by atoms with Crippen molar-refractivity contribution in [2.75, 3.05) is 12.4 Å². The minimum atomic E-state index is -0.199. The van der Waals surface area contributed by atoms with E-state index in [-0.39, 0.29) is 18.6 Å². The molecule has 3 rings (SSSR count). The molecule has 0 aliphatic heterocycles. The van der Waals surface area contributed by atoms with Crippen LogP contribution in [-0.2, 0) is 6.61 Å². The number of hydrogen-bond donors (Lipinski definition) is 1. The number of nitrogens with zero attached hydrogens (tertiary/aromatic N) is 4. The first kappa shape index (κ1) is 18.4. The molecule has 1 N–H and O–H groups in total. The first-order valence-corrected chi connectivity index (χ1v) is 8.52. The van der Waals surface area contributed by atoms with Crippen molar-refractivity contribution >= 4 is 11.6 Å². The monoisotopic (exact) mass is 367 g/mol. The van der Waals surface area contributed by atoms with E-state index in [1.54, 1.807) is 60.3 Å². The van der Waals surface area contributed by atoms with Crippen LogP contribution in [0.3, 0.4) is 0 Å². The number of carbonyl (C=O) groups excluding carboxylic acids is 1. The Hall–Kier alpha value is -3.42. The predicted octanol–water partition coefficient (Wildman–Crippen LogP) is 3.09. The zero-order valence-corrected chi connectivity index (χ0v) is 15.4. The fourth-order valence-corrected chi connectivity index (χ4v) is 2.44. The summed E-state index contributed by atoms with van der Waals surface area (Å²) in [6.07, 6.45) is 0. The number of hydrogen-bond acceptors (Lipinski definition) is 6. The van der Waals surface area contributed by atoms with Crippen molar-refractivity contribution in [1.82, 2.24) is 20.2 Å². The molecule has 3 aromatic rings. The average molecular weight is 367 g/mol. The molecule has 0 unspecified atom stereocenters. The first-order chi connectivity index (χ1) is 13.1. The highest BCUT2D eigenvalue weighted by Gasteiger charge is 2.10. The van der Waals surface area contributed by atoms with Gasteiger partial charge in [-0.05, 0) is 72.8 Å². The highest BCUT2D eigenvalue weighted by molar-refractivity contribution is 6.04. The minimum absolute atomic E-state index is 0.155. The van der Waals surface area contributed by atoms with Crippen molar-refractivity contribution in [3.63, 3.8) is 0 Å². The number of amides is 1. The van der Waals surface area contributed by atoms with Gasteiger partial charge in [0.25, 0.3) is 5.91 Å². The molecule has 0 aliphatic rings. The molecule has 0 bridgehead atoms. The van der Waals surface area contributed by atoms with Crippen LogP contribution in [0.2, 0.25) is 0 Å². The summed E-state index contributed by atoms with van der Waals surface area (Å²) in [7, 11) is 1.60. The van der Waals surface area contributed by atoms with Gasteiger partial charge in [0, 0.05) is 11.3 Å². The van der Waals surface area contributed by atoms with Crippen molar-refractivity contribution in [3.8, 4) is 11.5 Å². The fraction of sp³-hybridized carbons (Fsp3) is 0.263. The van der Waals surface area contributed by atoms with Crippen LogP contribution in [0.15, 0.2) is 48.5 Å². The molecule has 0 aliphatic carbocycles. The van der Waals surface area contributed by atoms with Gasteiger partial charge >= 0.3 is 0 Å². The lowest BCUT2D eigenvalue weighted by Crippen LogP contribution is -2.12. The highest BCUT2D eigenvalue weighted by Crippen LogP contribution is 2.18. The lowest BCUT2D eigenvalue weighted by Gasteiger charge is -2.10. The first-order valence-electron chi connectivity index (χ1n) is 8.52. The maximum atomic E-state index is 12.3. The topological polar surface area (TPSA) is 91.2 Å². The summed E-state index contributed by atoms with van der Waals surface area (Å²) < 4.78 is 12.5. The second-order valence-corrected chi connectivity index (χ2v) is 6.13.